The third kappa shape index (κ3) is 3.71. The maximum absolute atomic E-state index is 5.88. The van der Waals surface area contributed by atoms with Crippen LogP contribution in [0.25, 0.3) is 11.3 Å². The molecule has 6 heteroatoms. The molecule has 0 radical (unpaired) electrons. The van der Waals surface area contributed by atoms with Crippen molar-refractivity contribution in [3.63, 3.8) is 0 Å². The summed E-state index contributed by atoms with van der Waals surface area (Å²) in [6.07, 6.45) is 4.08. The first-order chi connectivity index (χ1) is 11.8. The Labute approximate surface area is 153 Å². The molecule has 4 nitrogen and oxygen atoms in total. The van der Waals surface area contributed by atoms with E-state index in [2.05, 4.69) is 26.8 Å². The van der Waals surface area contributed by atoms with Crippen LogP contribution in [0.4, 0.5) is 0 Å². The molecule has 0 unspecified atom stereocenters. The molecule has 24 heavy (non-hydrogen) atoms. The number of benzene rings is 1. The third-order valence-electron chi connectivity index (χ3n) is 4.58. The lowest BCUT2D eigenvalue weighted by Crippen LogP contribution is -2.31. The van der Waals surface area contributed by atoms with Gasteiger partial charge in [0, 0.05) is 37.0 Å². The Bertz CT molecular complexity index is 681. The number of nitrogens with zero attached hydrogens (tertiary/aromatic N) is 3. The monoisotopic (exact) mass is 367 g/mol. The number of alkyl halides is 2. The molecular weight excluding hydrogens is 345 g/mol. The van der Waals surface area contributed by atoms with Crippen LogP contribution >= 0.6 is 23.2 Å². The van der Waals surface area contributed by atoms with Crippen molar-refractivity contribution in [3.05, 3.63) is 35.5 Å². The fraction of sp³-hybridized carbons (Fsp3) is 0.500. The first kappa shape index (κ1) is 17.6. The van der Waals surface area contributed by atoms with Gasteiger partial charge in [0.1, 0.15) is 5.75 Å². The van der Waals surface area contributed by atoms with Crippen LogP contribution in [0.2, 0.25) is 0 Å². The molecule has 1 aliphatic carbocycles. The third-order valence-corrected chi connectivity index (χ3v) is 4.91. The molecule has 0 aliphatic heterocycles. The minimum Gasteiger partial charge on any atom is -0.497 e. The molecular formula is C18H23Cl2N3O. The Kier molecular flexibility index (Phi) is 6.04. The predicted molar refractivity (Wildman–Crippen MR) is 99.5 cm³/mol. The van der Waals surface area contributed by atoms with Crippen LogP contribution in [-0.4, -0.2) is 53.2 Å². The maximum Gasteiger partial charge on any atom is 0.119 e. The van der Waals surface area contributed by atoms with Crippen molar-refractivity contribution in [3.8, 4) is 17.0 Å². The summed E-state index contributed by atoms with van der Waals surface area (Å²) < 4.78 is 7.48. The van der Waals surface area contributed by atoms with Crippen LogP contribution in [-0.2, 0) is 19.4 Å². The van der Waals surface area contributed by atoms with E-state index >= 15 is 0 Å². The molecule has 0 saturated heterocycles. The minimum absolute atomic E-state index is 0.622. The Morgan fingerprint density at radius 1 is 1.12 bits per heavy atom. The first-order valence-electron chi connectivity index (χ1n) is 8.33. The summed E-state index contributed by atoms with van der Waals surface area (Å²) in [5.41, 5.74) is 5.18. The zero-order chi connectivity index (χ0) is 16.9. The van der Waals surface area contributed by atoms with Gasteiger partial charge in [-0.3, -0.25) is 9.58 Å². The molecule has 0 fully saturated rings. The summed E-state index contributed by atoms with van der Waals surface area (Å²) >= 11 is 11.8. The number of hydrogen-bond acceptors (Lipinski definition) is 3. The van der Waals surface area contributed by atoms with E-state index in [1.807, 2.05) is 12.3 Å². The SMILES string of the molecule is COc1ccc2c(c1)CCc1cnn(CCN(CCCl)CCCl)c1-2. The van der Waals surface area contributed by atoms with Gasteiger partial charge in [-0.05, 0) is 42.2 Å². The van der Waals surface area contributed by atoms with Gasteiger partial charge in [0.2, 0.25) is 0 Å². The Morgan fingerprint density at radius 3 is 2.58 bits per heavy atom. The highest BCUT2D eigenvalue weighted by atomic mass is 35.5. The smallest absolute Gasteiger partial charge is 0.119 e. The summed E-state index contributed by atoms with van der Waals surface area (Å²) in [6, 6.07) is 6.32. The molecule has 1 aliphatic rings. The lowest BCUT2D eigenvalue weighted by atomic mass is 9.90. The molecule has 0 bridgehead atoms. The van der Waals surface area contributed by atoms with E-state index in [1.54, 1.807) is 7.11 Å². The van der Waals surface area contributed by atoms with Crippen LogP contribution in [0, 0.1) is 0 Å². The Hall–Kier alpha value is -1.23. The van der Waals surface area contributed by atoms with E-state index in [-0.39, 0.29) is 0 Å². The van der Waals surface area contributed by atoms with Crippen molar-refractivity contribution < 1.29 is 4.74 Å². The zero-order valence-corrected chi connectivity index (χ0v) is 15.5. The van der Waals surface area contributed by atoms with Gasteiger partial charge in [0.15, 0.2) is 0 Å². The summed E-state index contributed by atoms with van der Waals surface area (Å²) in [5.74, 6) is 2.16. The molecule has 0 amide bonds. The van der Waals surface area contributed by atoms with Crippen molar-refractivity contribution in [2.24, 2.45) is 0 Å². The number of aryl methyl sites for hydroxylation is 2. The van der Waals surface area contributed by atoms with E-state index in [0.717, 1.165) is 44.8 Å². The number of rotatable bonds is 8. The second-order valence-electron chi connectivity index (χ2n) is 5.98. The Morgan fingerprint density at radius 2 is 1.88 bits per heavy atom. The lowest BCUT2D eigenvalue weighted by molar-refractivity contribution is 0.289. The van der Waals surface area contributed by atoms with Crippen LogP contribution in [0.1, 0.15) is 11.1 Å². The van der Waals surface area contributed by atoms with Gasteiger partial charge in [-0.2, -0.15) is 5.10 Å². The fourth-order valence-corrected chi connectivity index (χ4v) is 3.78. The highest BCUT2D eigenvalue weighted by Crippen LogP contribution is 2.35. The highest BCUT2D eigenvalue weighted by molar-refractivity contribution is 6.18. The van der Waals surface area contributed by atoms with Crippen LogP contribution < -0.4 is 4.74 Å². The predicted octanol–water partition coefficient (Wildman–Crippen LogP) is 3.44. The minimum atomic E-state index is 0.622. The molecule has 1 aromatic heterocycles. The van der Waals surface area contributed by atoms with E-state index < -0.39 is 0 Å². The molecule has 0 N–H and O–H groups in total. The van der Waals surface area contributed by atoms with Crippen LogP contribution in [0.5, 0.6) is 5.75 Å². The molecule has 0 atom stereocenters. The average molecular weight is 368 g/mol. The normalized spacial score (nSPS) is 13.0. The van der Waals surface area contributed by atoms with Crippen LogP contribution in [0.3, 0.4) is 0 Å². The van der Waals surface area contributed by atoms with Crippen LogP contribution in [0.15, 0.2) is 24.4 Å². The second kappa shape index (κ2) is 8.24. The highest BCUT2D eigenvalue weighted by Gasteiger charge is 2.21. The van der Waals surface area contributed by atoms with Gasteiger partial charge in [-0.15, -0.1) is 23.2 Å². The van der Waals surface area contributed by atoms with Crippen molar-refractivity contribution in [1.82, 2.24) is 14.7 Å². The molecule has 1 heterocycles. The Balaban J connectivity index is 1.81. The summed E-state index contributed by atoms with van der Waals surface area (Å²) in [5, 5.41) is 4.62. The van der Waals surface area contributed by atoms with Gasteiger partial charge >= 0.3 is 0 Å². The van der Waals surface area contributed by atoms with E-state index in [1.165, 1.54) is 22.4 Å². The molecule has 0 spiro atoms. The number of hydrogen-bond donors (Lipinski definition) is 0. The summed E-state index contributed by atoms with van der Waals surface area (Å²) in [6.45, 7) is 3.45. The largest absolute Gasteiger partial charge is 0.497 e. The molecule has 0 saturated carbocycles. The molecule has 3 rings (SSSR count). The number of halogens is 2. The quantitative estimate of drug-likeness (QED) is 0.669. The van der Waals surface area contributed by atoms with Gasteiger partial charge in [0.25, 0.3) is 0 Å². The fourth-order valence-electron chi connectivity index (χ4n) is 3.30. The zero-order valence-electron chi connectivity index (χ0n) is 14.0. The van der Waals surface area contributed by atoms with Crippen molar-refractivity contribution in [2.75, 3.05) is 38.5 Å². The van der Waals surface area contributed by atoms with E-state index in [0.29, 0.717) is 11.8 Å². The summed E-state index contributed by atoms with van der Waals surface area (Å²) in [7, 11) is 1.71. The van der Waals surface area contributed by atoms with Gasteiger partial charge in [0.05, 0.1) is 25.5 Å². The van der Waals surface area contributed by atoms with Gasteiger partial charge < -0.3 is 4.74 Å². The molecule has 1 aromatic carbocycles. The van der Waals surface area contributed by atoms with Gasteiger partial charge in [-0.25, -0.2) is 0 Å². The van der Waals surface area contributed by atoms with Crippen molar-refractivity contribution in [2.45, 2.75) is 19.4 Å². The first-order valence-corrected chi connectivity index (χ1v) is 9.40. The number of aromatic nitrogens is 2. The number of fused-ring (bicyclic) bond motifs is 3. The molecule has 130 valence electrons. The van der Waals surface area contributed by atoms with E-state index in [9.17, 15) is 0 Å². The number of ether oxygens (including phenoxy) is 1. The second-order valence-corrected chi connectivity index (χ2v) is 6.74. The standard InChI is InChI=1S/C18H23Cl2N3O/c1-24-16-4-5-17-14(12-16)2-3-15-13-21-23(18(15)17)11-10-22(8-6-19)9-7-20/h4-5,12-13H,2-3,6-11H2,1H3. The van der Waals surface area contributed by atoms with Crippen molar-refractivity contribution in [1.29, 1.82) is 0 Å². The maximum atomic E-state index is 5.88. The summed E-state index contributed by atoms with van der Waals surface area (Å²) in [4.78, 5) is 2.28. The van der Waals surface area contributed by atoms with Crippen molar-refractivity contribution >= 4 is 23.2 Å². The molecule has 2 aromatic rings. The number of methoxy groups -OCH3 is 1. The lowest BCUT2D eigenvalue weighted by Gasteiger charge is -2.22. The van der Waals surface area contributed by atoms with Gasteiger partial charge in [-0.1, -0.05) is 0 Å². The average Bonchev–Trinajstić information content (AvgIpc) is 3.03. The van der Waals surface area contributed by atoms with E-state index in [4.69, 9.17) is 27.9 Å². The topological polar surface area (TPSA) is 30.3 Å².